The lowest BCUT2D eigenvalue weighted by molar-refractivity contribution is 0.298. The van der Waals surface area contributed by atoms with Gasteiger partial charge in [-0.05, 0) is 41.0 Å². The van der Waals surface area contributed by atoms with Gasteiger partial charge >= 0.3 is 0 Å². The van der Waals surface area contributed by atoms with E-state index in [4.69, 9.17) is 4.74 Å². The Bertz CT molecular complexity index is 1200. The maximum atomic E-state index is 14.3. The highest BCUT2D eigenvalue weighted by Gasteiger charge is 2.51. The highest BCUT2D eigenvalue weighted by atomic mass is 19.1. The summed E-state index contributed by atoms with van der Waals surface area (Å²) in [5, 5.41) is 0. The van der Waals surface area contributed by atoms with E-state index in [0.717, 1.165) is 17.9 Å². The quantitative estimate of drug-likeness (QED) is 0.406. The van der Waals surface area contributed by atoms with Crippen LogP contribution < -0.4 is 9.64 Å². The van der Waals surface area contributed by atoms with Gasteiger partial charge < -0.3 is 9.64 Å². The second-order valence-corrected chi connectivity index (χ2v) is 8.38. The first-order valence-electron chi connectivity index (χ1n) is 10.7. The van der Waals surface area contributed by atoms with Crippen LogP contribution in [0.15, 0.2) is 103 Å². The summed E-state index contributed by atoms with van der Waals surface area (Å²) in [7, 11) is 0. The number of anilines is 1. The maximum Gasteiger partial charge on any atom is 0.123 e. The van der Waals surface area contributed by atoms with Crippen molar-refractivity contribution in [1.82, 2.24) is 0 Å². The van der Waals surface area contributed by atoms with Crippen LogP contribution in [0.1, 0.15) is 28.3 Å². The fourth-order valence-electron chi connectivity index (χ4n) is 5.28. The van der Waals surface area contributed by atoms with E-state index in [9.17, 15) is 4.39 Å². The van der Waals surface area contributed by atoms with Gasteiger partial charge in [0.05, 0.1) is 11.5 Å². The first-order chi connectivity index (χ1) is 15.3. The summed E-state index contributed by atoms with van der Waals surface area (Å²) in [4.78, 5) is 2.46. The first kappa shape index (κ1) is 18.2. The SMILES string of the molecule is Fc1ccc2c(c1)C1(CO2)CN(C(c2ccccc2)c2ccccc2)c2ccccc21. The fourth-order valence-corrected chi connectivity index (χ4v) is 5.28. The van der Waals surface area contributed by atoms with Gasteiger partial charge in [-0.3, -0.25) is 0 Å². The fraction of sp³-hybridized carbons (Fsp3) is 0.143. The van der Waals surface area contributed by atoms with Crippen molar-refractivity contribution in [3.63, 3.8) is 0 Å². The Morgan fingerprint density at radius 2 is 1.39 bits per heavy atom. The average Bonchev–Trinajstić information content (AvgIpc) is 3.35. The minimum Gasteiger partial charge on any atom is -0.492 e. The summed E-state index contributed by atoms with van der Waals surface area (Å²) in [6, 6.07) is 34.7. The molecule has 0 saturated carbocycles. The summed E-state index contributed by atoms with van der Waals surface area (Å²) < 4.78 is 20.4. The lowest BCUT2D eigenvalue weighted by Gasteiger charge is -2.33. The van der Waals surface area contributed by atoms with Gasteiger partial charge in [0.1, 0.15) is 18.2 Å². The van der Waals surface area contributed by atoms with Crippen molar-refractivity contribution in [2.45, 2.75) is 11.5 Å². The zero-order valence-electron chi connectivity index (χ0n) is 17.0. The Morgan fingerprint density at radius 3 is 2.10 bits per heavy atom. The number of nitrogens with zero attached hydrogens (tertiary/aromatic N) is 1. The monoisotopic (exact) mass is 407 g/mol. The molecule has 0 aromatic heterocycles. The summed E-state index contributed by atoms with van der Waals surface area (Å²) in [6.07, 6.45) is 0. The van der Waals surface area contributed by atoms with Crippen molar-refractivity contribution in [3.05, 3.63) is 131 Å². The normalized spacial score (nSPS) is 18.8. The van der Waals surface area contributed by atoms with Gasteiger partial charge in [0.2, 0.25) is 0 Å². The smallest absolute Gasteiger partial charge is 0.123 e. The van der Waals surface area contributed by atoms with Crippen molar-refractivity contribution in [1.29, 1.82) is 0 Å². The molecule has 0 amide bonds. The molecule has 0 aliphatic carbocycles. The van der Waals surface area contributed by atoms with Gasteiger partial charge in [0.25, 0.3) is 0 Å². The lowest BCUT2D eigenvalue weighted by atomic mass is 9.78. The molecular weight excluding hydrogens is 385 g/mol. The van der Waals surface area contributed by atoms with Crippen LogP contribution in [-0.4, -0.2) is 13.2 Å². The number of fused-ring (bicyclic) bond motifs is 4. The standard InChI is InChI=1S/C28H22FNO/c29-22-15-16-26-24(17-22)28(19-31-26)18-30(25-14-8-7-13-23(25)28)27(20-9-3-1-4-10-20)21-11-5-2-6-12-21/h1-17,27H,18-19H2. The molecule has 0 N–H and O–H groups in total. The molecule has 0 radical (unpaired) electrons. The lowest BCUT2D eigenvalue weighted by Crippen LogP contribution is -2.38. The molecule has 2 nitrogen and oxygen atoms in total. The molecule has 152 valence electrons. The van der Waals surface area contributed by atoms with Crippen molar-refractivity contribution in [3.8, 4) is 5.75 Å². The van der Waals surface area contributed by atoms with E-state index in [2.05, 4.69) is 89.8 Å². The highest BCUT2D eigenvalue weighted by Crippen LogP contribution is 2.54. The summed E-state index contributed by atoms with van der Waals surface area (Å²) in [5.74, 6) is 0.566. The molecule has 1 spiro atoms. The summed E-state index contributed by atoms with van der Waals surface area (Å²) in [5.41, 5.74) is 5.42. The third-order valence-corrected chi connectivity index (χ3v) is 6.64. The third-order valence-electron chi connectivity index (χ3n) is 6.64. The van der Waals surface area contributed by atoms with E-state index in [-0.39, 0.29) is 17.3 Å². The Labute approximate surface area is 181 Å². The van der Waals surface area contributed by atoms with E-state index in [1.54, 1.807) is 12.1 Å². The van der Waals surface area contributed by atoms with Gasteiger partial charge in [-0.1, -0.05) is 78.9 Å². The number of hydrogen-bond donors (Lipinski definition) is 0. The zero-order chi connectivity index (χ0) is 20.8. The van der Waals surface area contributed by atoms with Crippen LogP contribution in [-0.2, 0) is 5.41 Å². The molecule has 3 heteroatoms. The molecule has 2 aliphatic heterocycles. The predicted molar refractivity (Wildman–Crippen MR) is 121 cm³/mol. The van der Waals surface area contributed by atoms with Gasteiger partial charge in [-0.2, -0.15) is 0 Å². The molecule has 1 atom stereocenters. The Balaban J connectivity index is 1.55. The number of ether oxygens (including phenoxy) is 1. The Morgan fingerprint density at radius 1 is 0.742 bits per heavy atom. The van der Waals surface area contributed by atoms with Crippen LogP contribution in [0.25, 0.3) is 0 Å². The van der Waals surface area contributed by atoms with Crippen LogP contribution in [0.3, 0.4) is 0 Å². The average molecular weight is 407 g/mol. The third kappa shape index (κ3) is 2.77. The van der Waals surface area contributed by atoms with Crippen LogP contribution in [0.4, 0.5) is 10.1 Å². The summed E-state index contributed by atoms with van der Waals surface area (Å²) >= 11 is 0. The van der Waals surface area contributed by atoms with Gasteiger partial charge in [-0.15, -0.1) is 0 Å². The predicted octanol–water partition coefficient (Wildman–Crippen LogP) is 6.11. The summed E-state index contributed by atoms with van der Waals surface area (Å²) in [6.45, 7) is 1.26. The minimum atomic E-state index is -0.379. The van der Waals surface area contributed by atoms with Crippen molar-refractivity contribution < 1.29 is 9.13 Å². The molecule has 2 aliphatic rings. The number of benzene rings is 4. The zero-order valence-corrected chi connectivity index (χ0v) is 17.0. The van der Waals surface area contributed by atoms with E-state index < -0.39 is 0 Å². The molecule has 0 bridgehead atoms. The van der Waals surface area contributed by atoms with Crippen LogP contribution in [0.2, 0.25) is 0 Å². The molecule has 6 rings (SSSR count). The second-order valence-electron chi connectivity index (χ2n) is 8.38. The van der Waals surface area contributed by atoms with Crippen molar-refractivity contribution in [2.75, 3.05) is 18.1 Å². The van der Waals surface area contributed by atoms with Crippen LogP contribution in [0.5, 0.6) is 5.75 Å². The number of para-hydroxylation sites is 1. The maximum absolute atomic E-state index is 14.3. The molecular formula is C28H22FNO. The molecule has 0 saturated heterocycles. The van der Waals surface area contributed by atoms with Gasteiger partial charge in [0.15, 0.2) is 0 Å². The molecule has 4 aromatic rings. The minimum absolute atomic E-state index is 0.0561. The van der Waals surface area contributed by atoms with Gasteiger partial charge in [0, 0.05) is 17.8 Å². The number of halogens is 1. The number of rotatable bonds is 3. The topological polar surface area (TPSA) is 12.5 Å². The Hall–Kier alpha value is -3.59. The van der Waals surface area contributed by atoms with Gasteiger partial charge in [-0.25, -0.2) is 4.39 Å². The van der Waals surface area contributed by atoms with Crippen LogP contribution >= 0.6 is 0 Å². The Kier molecular flexibility index (Phi) is 4.10. The molecule has 0 fully saturated rings. The molecule has 4 aromatic carbocycles. The van der Waals surface area contributed by atoms with E-state index in [0.29, 0.717) is 6.61 Å². The first-order valence-corrected chi connectivity index (χ1v) is 10.7. The van der Waals surface area contributed by atoms with Crippen LogP contribution in [0, 0.1) is 5.82 Å². The molecule has 2 heterocycles. The number of hydrogen-bond acceptors (Lipinski definition) is 2. The van der Waals surface area contributed by atoms with E-state index >= 15 is 0 Å². The van der Waals surface area contributed by atoms with E-state index in [1.807, 2.05) is 0 Å². The molecule has 31 heavy (non-hydrogen) atoms. The highest BCUT2D eigenvalue weighted by molar-refractivity contribution is 5.71. The van der Waals surface area contributed by atoms with Crippen molar-refractivity contribution >= 4 is 5.69 Å². The largest absolute Gasteiger partial charge is 0.492 e. The second kappa shape index (κ2) is 6.98. The van der Waals surface area contributed by atoms with E-state index in [1.165, 1.54) is 28.4 Å². The molecule has 1 unspecified atom stereocenters. The van der Waals surface area contributed by atoms with Crippen molar-refractivity contribution in [2.24, 2.45) is 0 Å².